The number of rotatable bonds is 4. The Kier molecular flexibility index (Phi) is 3.65. The van der Waals surface area contributed by atoms with Crippen LogP contribution in [0.2, 0.25) is 0 Å². The fourth-order valence-electron chi connectivity index (χ4n) is 2.00. The zero-order chi connectivity index (χ0) is 15.5. The van der Waals surface area contributed by atoms with Crippen LogP contribution in [0.4, 0.5) is 11.5 Å². The maximum atomic E-state index is 11.6. The van der Waals surface area contributed by atoms with Gasteiger partial charge in [0.05, 0.1) is 12.2 Å². The van der Waals surface area contributed by atoms with Gasteiger partial charge < -0.3 is 10.1 Å². The fraction of sp³-hybridized carbons (Fsp3) is 0.214. The number of benzene rings is 1. The first-order chi connectivity index (χ1) is 10.7. The molecule has 1 aromatic carbocycles. The van der Waals surface area contributed by atoms with E-state index in [-0.39, 0.29) is 5.97 Å². The molecule has 2 aromatic heterocycles. The Morgan fingerprint density at radius 1 is 1.32 bits per heavy atom. The molecular formula is C14H14N6O2. The molecule has 3 rings (SSSR count). The topological polar surface area (TPSA) is 94.3 Å². The Balaban J connectivity index is 1.86. The third kappa shape index (κ3) is 2.71. The first-order valence-electron chi connectivity index (χ1n) is 6.77. The monoisotopic (exact) mass is 298 g/mol. The third-order valence-corrected chi connectivity index (χ3v) is 2.97. The molecule has 0 radical (unpaired) electrons. The van der Waals surface area contributed by atoms with E-state index < -0.39 is 0 Å². The molecule has 0 saturated heterocycles. The van der Waals surface area contributed by atoms with E-state index in [2.05, 4.69) is 25.8 Å². The molecule has 0 aliphatic carbocycles. The van der Waals surface area contributed by atoms with Crippen LogP contribution < -0.4 is 5.32 Å². The number of nitrogens with zero attached hydrogens (tertiary/aromatic N) is 5. The molecule has 0 bridgehead atoms. The van der Waals surface area contributed by atoms with E-state index in [0.717, 1.165) is 11.4 Å². The molecule has 0 saturated carbocycles. The van der Waals surface area contributed by atoms with Crippen LogP contribution >= 0.6 is 0 Å². The summed E-state index contributed by atoms with van der Waals surface area (Å²) in [5, 5.41) is 14.5. The van der Waals surface area contributed by atoms with E-state index in [1.54, 1.807) is 31.2 Å². The first kappa shape index (κ1) is 13.9. The van der Waals surface area contributed by atoms with Gasteiger partial charge in [-0.2, -0.15) is 4.52 Å². The second kappa shape index (κ2) is 5.76. The number of carbonyl (C=O) groups is 1. The van der Waals surface area contributed by atoms with Gasteiger partial charge in [-0.3, -0.25) is 0 Å². The Hall–Kier alpha value is -3.03. The maximum absolute atomic E-state index is 11.6. The smallest absolute Gasteiger partial charge is 0.338 e. The van der Waals surface area contributed by atoms with Crippen LogP contribution in [0.25, 0.3) is 5.78 Å². The van der Waals surface area contributed by atoms with Crippen molar-refractivity contribution in [2.75, 3.05) is 11.9 Å². The summed E-state index contributed by atoms with van der Waals surface area (Å²) in [4.78, 5) is 15.8. The molecule has 0 unspecified atom stereocenters. The van der Waals surface area contributed by atoms with Crippen molar-refractivity contribution in [3.05, 3.63) is 41.6 Å². The summed E-state index contributed by atoms with van der Waals surface area (Å²) in [6.07, 6.45) is 0. The largest absolute Gasteiger partial charge is 0.462 e. The lowest BCUT2D eigenvalue weighted by Gasteiger charge is -2.08. The fourth-order valence-corrected chi connectivity index (χ4v) is 2.00. The van der Waals surface area contributed by atoms with Gasteiger partial charge >= 0.3 is 5.97 Å². The third-order valence-electron chi connectivity index (χ3n) is 2.97. The number of tetrazole rings is 1. The van der Waals surface area contributed by atoms with Gasteiger partial charge in [0.15, 0.2) is 0 Å². The van der Waals surface area contributed by atoms with Crippen LogP contribution in [0.5, 0.6) is 0 Å². The van der Waals surface area contributed by atoms with Crippen molar-refractivity contribution in [1.82, 2.24) is 25.0 Å². The summed E-state index contributed by atoms with van der Waals surface area (Å²) in [6.45, 7) is 3.99. The zero-order valence-electron chi connectivity index (χ0n) is 12.1. The minimum atomic E-state index is -0.336. The van der Waals surface area contributed by atoms with Gasteiger partial charge in [0.25, 0.3) is 5.78 Å². The Bertz CT molecular complexity index is 812. The number of ether oxygens (including phenoxy) is 1. The Morgan fingerprint density at radius 3 is 2.82 bits per heavy atom. The van der Waals surface area contributed by atoms with Gasteiger partial charge in [-0.15, -0.1) is 0 Å². The van der Waals surface area contributed by atoms with E-state index in [0.29, 0.717) is 23.8 Å². The summed E-state index contributed by atoms with van der Waals surface area (Å²) in [5.41, 5.74) is 2.11. The molecule has 3 aromatic rings. The van der Waals surface area contributed by atoms with Crippen molar-refractivity contribution in [3.63, 3.8) is 0 Å². The van der Waals surface area contributed by atoms with Crippen molar-refractivity contribution in [2.24, 2.45) is 0 Å². The molecule has 0 aliphatic heterocycles. The standard InChI is InChI=1S/C14H14N6O2/c1-3-22-13(21)10-4-6-11(7-5-10)16-12-8-9(2)15-14-17-18-19-20(12)14/h4-8,16H,3H2,1-2H3. The summed E-state index contributed by atoms with van der Waals surface area (Å²) >= 11 is 0. The van der Waals surface area contributed by atoms with E-state index in [9.17, 15) is 4.79 Å². The van der Waals surface area contributed by atoms with Crippen molar-refractivity contribution >= 4 is 23.3 Å². The van der Waals surface area contributed by atoms with Crippen LogP contribution in [0, 0.1) is 6.92 Å². The highest BCUT2D eigenvalue weighted by Crippen LogP contribution is 2.18. The quantitative estimate of drug-likeness (QED) is 0.733. The van der Waals surface area contributed by atoms with Crippen LogP contribution in [-0.4, -0.2) is 37.6 Å². The van der Waals surface area contributed by atoms with E-state index in [1.807, 2.05) is 13.0 Å². The van der Waals surface area contributed by atoms with E-state index in [4.69, 9.17) is 4.74 Å². The minimum Gasteiger partial charge on any atom is -0.462 e. The number of fused-ring (bicyclic) bond motifs is 1. The molecule has 2 heterocycles. The van der Waals surface area contributed by atoms with Gasteiger partial charge in [-0.25, -0.2) is 9.78 Å². The van der Waals surface area contributed by atoms with Crippen LogP contribution in [0.1, 0.15) is 23.0 Å². The second-order valence-electron chi connectivity index (χ2n) is 4.60. The molecule has 1 N–H and O–H groups in total. The lowest BCUT2D eigenvalue weighted by atomic mass is 10.2. The lowest BCUT2D eigenvalue weighted by Crippen LogP contribution is -2.05. The zero-order valence-corrected chi connectivity index (χ0v) is 12.1. The number of aromatic nitrogens is 5. The number of carbonyl (C=O) groups excluding carboxylic acids is 1. The molecule has 0 spiro atoms. The van der Waals surface area contributed by atoms with E-state index in [1.165, 1.54) is 4.52 Å². The molecular weight excluding hydrogens is 284 g/mol. The summed E-state index contributed by atoms with van der Waals surface area (Å²) < 4.78 is 6.46. The second-order valence-corrected chi connectivity index (χ2v) is 4.60. The Labute approximate surface area is 126 Å². The number of esters is 1. The maximum Gasteiger partial charge on any atom is 0.338 e. The predicted octanol–water partition coefficient (Wildman–Crippen LogP) is 1.75. The van der Waals surface area contributed by atoms with Crippen LogP contribution in [0.15, 0.2) is 30.3 Å². The van der Waals surface area contributed by atoms with Gasteiger partial charge in [-0.1, -0.05) is 5.10 Å². The molecule has 112 valence electrons. The van der Waals surface area contributed by atoms with Crippen molar-refractivity contribution in [1.29, 1.82) is 0 Å². The highest BCUT2D eigenvalue weighted by molar-refractivity contribution is 5.89. The summed E-state index contributed by atoms with van der Waals surface area (Å²) in [7, 11) is 0. The summed E-state index contributed by atoms with van der Waals surface area (Å²) in [6, 6.07) is 8.81. The SMILES string of the molecule is CCOC(=O)c1ccc(Nc2cc(C)nc3nnnn23)cc1. The number of aryl methyl sites for hydroxylation is 1. The normalized spacial score (nSPS) is 10.6. The molecule has 0 atom stereocenters. The van der Waals surface area contributed by atoms with Crippen LogP contribution in [0.3, 0.4) is 0 Å². The minimum absolute atomic E-state index is 0.336. The summed E-state index contributed by atoms with van der Waals surface area (Å²) in [5.74, 6) is 0.777. The highest BCUT2D eigenvalue weighted by atomic mass is 16.5. The molecule has 0 amide bonds. The molecule has 0 fully saturated rings. The lowest BCUT2D eigenvalue weighted by molar-refractivity contribution is 0.0526. The van der Waals surface area contributed by atoms with Crippen molar-refractivity contribution in [3.8, 4) is 0 Å². The number of anilines is 2. The number of hydrogen-bond acceptors (Lipinski definition) is 7. The van der Waals surface area contributed by atoms with Crippen molar-refractivity contribution in [2.45, 2.75) is 13.8 Å². The van der Waals surface area contributed by atoms with Gasteiger partial charge in [-0.05, 0) is 48.5 Å². The van der Waals surface area contributed by atoms with E-state index >= 15 is 0 Å². The average Bonchev–Trinajstić information content (AvgIpc) is 2.96. The molecule has 22 heavy (non-hydrogen) atoms. The van der Waals surface area contributed by atoms with Crippen molar-refractivity contribution < 1.29 is 9.53 Å². The van der Waals surface area contributed by atoms with Crippen LogP contribution in [-0.2, 0) is 4.74 Å². The first-order valence-corrected chi connectivity index (χ1v) is 6.77. The predicted molar refractivity (Wildman–Crippen MR) is 79.0 cm³/mol. The van der Waals surface area contributed by atoms with Gasteiger partial charge in [0, 0.05) is 17.4 Å². The molecule has 8 nitrogen and oxygen atoms in total. The average molecular weight is 298 g/mol. The number of nitrogens with one attached hydrogen (secondary N) is 1. The Morgan fingerprint density at radius 2 is 2.09 bits per heavy atom. The van der Waals surface area contributed by atoms with Gasteiger partial charge in [0.1, 0.15) is 5.82 Å². The van der Waals surface area contributed by atoms with Gasteiger partial charge in [0.2, 0.25) is 0 Å². The highest BCUT2D eigenvalue weighted by Gasteiger charge is 2.08. The molecule has 0 aliphatic rings. The number of hydrogen-bond donors (Lipinski definition) is 1. The molecule has 8 heteroatoms.